The minimum absolute atomic E-state index is 0.106. The summed E-state index contributed by atoms with van der Waals surface area (Å²) in [6.45, 7) is 7.10. The molecule has 1 saturated carbocycles. The van der Waals surface area contributed by atoms with Crippen LogP contribution in [-0.4, -0.2) is 91.4 Å². The fraction of sp³-hybridized carbons (Fsp3) is 0.593. The van der Waals surface area contributed by atoms with Crippen LogP contribution in [0.25, 0.3) is 10.9 Å². The van der Waals surface area contributed by atoms with Crippen molar-refractivity contribution in [2.45, 2.75) is 32.1 Å². The number of carbonyl (C=O) groups excluding carboxylic acids is 1. The van der Waals surface area contributed by atoms with Crippen LogP contribution in [0.5, 0.6) is 5.88 Å². The van der Waals surface area contributed by atoms with E-state index in [-0.39, 0.29) is 5.91 Å². The Morgan fingerprint density at radius 3 is 2.39 bits per heavy atom. The lowest BCUT2D eigenvalue weighted by molar-refractivity contribution is 0.0942. The van der Waals surface area contributed by atoms with Gasteiger partial charge in [-0.1, -0.05) is 18.2 Å². The normalized spacial score (nSPS) is 21.2. The van der Waals surface area contributed by atoms with Gasteiger partial charge in [-0.25, -0.2) is 9.78 Å². The van der Waals surface area contributed by atoms with Crippen LogP contribution in [0, 0.1) is 11.8 Å². The number of likely N-dealkylation sites (N-methyl/N-ethyl adjacent to an activating group) is 1. The van der Waals surface area contributed by atoms with E-state index in [9.17, 15) is 9.59 Å². The molecule has 0 radical (unpaired) electrons. The summed E-state index contributed by atoms with van der Waals surface area (Å²) in [4.78, 5) is 33.3. The first-order chi connectivity index (χ1) is 17.5. The van der Waals surface area contributed by atoms with Crippen molar-refractivity contribution in [2.75, 3.05) is 59.5 Å². The van der Waals surface area contributed by atoms with Crippen LogP contribution in [0.15, 0.2) is 30.3 Å². The lowest BCUT2D eigenvalue weighted by Gasteiger charge is -2.32. The molecule has 1 aromatic heterocycles. The van der Waals surface area contributed by atoms with Gasteiger partial charge in [0.2, 0.25) is 5.88 Å². The highest BCUT2D eigenvalue weighted by Gasteiger charge is 2.23. The van der Waals surface area contributed by atoms with Gasteiger partial charge in [-0.15, -0.1) is 0 Å². The van der Waals surface area contributed by atoms with Crippen molar-refractivity contribution in [1.29, 1.82) is 0 Å². The zero-order valence-corrected chi connectivity index (χ0v) is 21.2. The van der Waals surface area contributed by atoms with E-state index in [0.29, 0.717) is 43.0 Å². The monoisotopic (exact) mass is 497 g/mol. The van der Waals surface area contributed by atoms with Crippen molar-refractivity contribution in [1.82, 2.24) is 25.4 Å². The number of carboxylic acid groups (broad SMARTS) is 1. The molecular weight excluding hydrogens is 458 g/mol. The number of carbonyl (C=O) groups is 2. The van der Waals surface area contributed by atoms with E-state index in [1.54, 1.807) is 6.07 Å². The highest BCUT2D eigenvalue weighted by Crippen LogP contribution is 2.28. The van der Waals surface area contributed by atoms with Crippen LogP contribution in [0.3, 0.4) is 0 Å². The summed E-state index contributed by atoms with van der Waals surface area (Å²) in [5.74, 6) is 1.18. The third-order valence-corrected chi connectivity index (χ3v) is 7.46. The van der Waals surface area contributed by atoms with Gasteiger partial charge in [0.25, 0.3) is 5.91 Å². The summed E-state index contributed by atoms with van der Waals surface area (Å²) < 4.78 is 5.99. The van der Waals surface area contributed by atoms with Gasteiger partial charge < -0.3 is 30.3 Å². The van der Waals surface area contributed by atoms with E-state index in [4.69, 9.17) is 9.84 Å². The SMILES string of the molecule is CN1CCN(CCCOc2cc(C(=O)NCC3CCC(CNC(=O)O)CC3)c3ccccc3n2)CC1. The highest BCUT2D eigenvalue weighted by atomic mass is 16.5. The Hall–Kier alpha value is -2.91. The van der Waals surface area contributed by atoms with Gasteiger partial charge in [-0.05, 0) is 57.1 Å². The zero-order valence-electron chi connectivity index (χ0n) is 21.2. The lowest BCUT2D eigenvalue weighted by atomic mass is 9.82. The molecule has 4 rings (SSSR count). The van der Waals surface area contributed by atoms with Crippen LogP contribution in [0.2, 0.25) is 0 Å². The standard InChI is InChI=1S/C27H39N5O4/c1-31-12-14-32(15-13-31)11-4-16-36-25-17-23(22-5-2-3-6-24(22)30-25)26(33)28-18-20-7-9-21(10-8-20)19-29-27(34)35/h2-3,5-6,17,20-21,29H,4,7-16,18-19H2,1H3,(H,28,33)(H,34,35). The topological polar surface area (TPSA) is 107 Å². The molecule has 2 fully saturated rings. The maximum atomic E-state index is 13.2. The Morgan fingerprint density at radius 2 is 1.69 bits per heavy atom. The molecule has 0 atom stereocenters. The number of ether oxygens (including phenoxy) is 1. The number of benzene rings is 1. The number of hydrogen-bond donors (Lipinski definition) is 3. The molecule has 9 nitrogen and oxygen atoms in total. The summed E-state index contributed by atoms with van der Waals surface area (Å²) >= 11 is 0. The second-order valence-electron chi connectivity index (χ2n) is 10.2. The lowest BCUT2D eigenvalue weighted by Crippen LogP contribution is -2.44. The molecule has 1 aliphatic heterocycles. The average Bonchev–Trinajstić information content (AvgIpc) is 2.89. The Bertz CT molecular complexity index is 1020. The van der Waals surface area contributed by atoms with Crippen LogP contribution >= 0.6 is 0 Å². The molecule has 2 aromatic rings. The molecule has 2 amide bonds. The first kappa shape index (κ1) is 26.2. The van der Waals surface area contributed by atoms with E-state index in [1.807, 2.05) is 24.3 Å². The zero-order chi connectivity index (χ0) is 25.3. The Morgan fingerprint density at radius 1 is 1.03 bits per heavy atom. The third kappa shape index (κ3) is 7.54. The average molecular weight is 498 g/mol. The molecule has 1 aromatic carbocycles. The van der Waals surface area contributed by atoms with Gasteiger partial charge in [-0.2, -0.15) is 0 Å². The van der Waals surface area contributed by atoms with Crippen LogP contribution < -0.4 is 15.4 Å². The summed E-state index contributed by atoms with van der Waals surface area (Å²) in [6, 6.07) is 9.45. The van der Waals surface area contributed by atoms with Gasteiger partial charge in [0.1, 0.15) is 0 Å². The van der Waals surface area contributed by atoms with E-state index in [2.05, 4.69) is 32.5 Å². The summed E-state index contributed by atoms with van der Waals surface area (Å²) in [5, 5.41) is 15.2. The fourth-order valence-corrected chi connectivity index (χ4v) is 5.15. The number of aromatic nitrogens is 1. The molecule has 0 unspecified atom stereocenters. The molecule has 1 aliphatic carbocycles. The maximum absolute atomic E-state index is 13.2. The minimum atomic E-state index is -0.965. The van der Waals surface area contributed by atoms with Gasteiger partial charge in [-0.3, -0.25) is 4.79 Å². The van der Waals surface area contributed by atoms with Gasteiger partial charge >= 0.3 is 6.09 Å². The number of rotatable bonds is 10. The maximum Gasteiger partial charge on any atom is 0.404 e. The molecule has 2 aliphatic rings. The molecule has 0 bridgehead atoms. The summed E-state index contributed by atoms with van der Waals surface area (Å²) in [6.07, 6.45) is 3.89. The molecular formula is C27H39N5O4. The first-order valence-corrected chi connectivity index (χ1v) is 13.2. The fourth-order valence-electron chi connectivity index (χ4n) is 5.15. The predicted octanol–water partition coefficient (Wildman–Crippen LogP) is 3.05. The number of pyridine rings is 1. The molecule has 1 saturated heterocycles. The molecule has 9 heteroatoms. The van der Waals surface area contributed by atoms with Crippen molar-refractivity contribution < 1.29 is 19.4 Å². The van der Waals surface area contributed by atoms with Crippen LogP contribution in [0.4, 0.5) is 4.79 Å². The summed E-state index contributed by atoms with van der Waals surface area (Å²) in [7, 11) is 2.16. The largest absolute Gasteiger partial charge is 0.478 e. The second kappa shape index (κ2) is 12.9. The quantitative estimate of drug-likeness (QED) is 0.433. The number of fused-ring (bicyclic) bond motifs is 1. The van der Waals surface area contributed by atoms with Gasteiger partial charge in [0.05, 0.1) is 17.7 Å². The number of hydrogen-bond acceptors (Lipinski definition) is 6. The first-order valence-electron chi connectivity index (χ1n) is 13.2. The minimum Gasteiger partial charge on any atom is -0.478 e. The van der Waals surface area contributed by atoms with Crippen molar-refractivity contribution in [3.05, 3.63) is 35.9 Å². The van der Waals surface area contributed by atoms with Crippen LogP contribution in [0.1, 0.15) is 42.5 Å². The highest BCUT2D eigenvalue weighted by molar-refractivity contribution is 6.06. The second-order valence-corrected chi connectivity index (χ2v) is 10.2. The van der Waals surface area contributed by atoms with E-state index >= 15 is 0 Å². The Labute approximate surface area is 213 Å². The van der Waals surface area contributed by atoms with Crippen molar-refractivity contribution >= 4 is 22.9 Å². The van der Waals surface area contributed by atoms with E-state index in [0.717, 1.165) is 75.7 Å². The number of piperazine rings is 1. The number of nitrogens with one attached hydrogen (secondary N) is 2. The molecule has 36 heavy (non-hydrogen) atoms. The van der Waals surface area contributed by atoms with Crippen molar-refractivity contribution in [3.8, 4) is 5.88 Å². The molecule has 196 valence electrons. The van der Waals surface area contributed by atoms with Crippen LogP contribution in [-0.2, 0) is 0 Å². The predicted molar refractivity (Wildman–Crippen MR) is 140 cm³/mol. The molecule has 3 N–H and O–H groups in total. The van der Waals surface area contributed by atoms with Gasteiger partial charge in [0.15, 0.2) is 0 Å². The molecule has 0 spiro atoms. The van der Waals surface area contributed by atoms with Crippen molar-refractivity contribution in [2.24, 2.45) is 11.8 Å². The summed E-state index contributed by atoms with van der Waals surface area (Å²) in [5.41, 5.74) is 1.35. The van der Waals surface area contributed by atoms with Gasteiger partial charge in [0, 0.05) is 57.3 Å². The van der Waals surface area contributed by atoms with E-state index in [1.165, 1.54) is 0 Å². The number of para-hydroxylation sites is 1. The smallest absolute Gasteiger partial charge is 0.404 e. The van der Waals surface area contributed by atoms with E-state index < -0.39 is 6.09 Å². The number of amides is 2. The number of nitrogens with zero attached hydrogens (tertiary/aromatic N) is 3. The third-order valence-electron chi connectivity index (χ3n) is 7.46. The Kier molecular flexibility index (Phi) is 9.35. The molecule has 2 heterocycles. The van der Waals surface area contributed by atoms with Crippen molar-refractivity contribution in [3.63, 3.8) is 0 Å². The Balaban J connectivity index is 1.29.